The van der Waals surface area contributed by atoms with Crippen LogP contribution in [0, 0.1) is 18.8 Å². The Labute approximate surface area is 514 Å². The maximum atomic E-state index is 6.99. The molecule has 0 saturated heterocycles. The molecule has 420 valence electrons. The van der Waals surface area contributed by atoms with Crippen LogP contribution < -0.4 is 14.5 Å². The van der Waals surface area contributed by atoms with Crippen LogP contribution in [0.3, 0.4) is 0 Å². The number of ether oxygens (including phenoxy) is 1. The minimum atomic E-state index is -0.480. The summed E-state index contributed by atoms with van der Waals surface area (Å²) in [6.45, 7) is 22.9. The maximum absolute atomic E-state index is 6.99. The van der Waals surface area contributed by atoms with Crippen molar-refractivity contribution in [2.24, 2.45) is 0 Å². The zero-order valence-electron chi connectivity index (χ0n) is 49.5. The largest absolute Gasteiger partial charge is 0.509 e. The molecular formula is C79H65N4OPt-3. The number of fused-ring (bicyclic) bond motifs is 15. The van der Waals surface area contributed by atoms with Gasteiger partial charge in [0.15, 0.2) is 0 Å². The van der Waals surface area contributed by atoms with Gasteiger partial charge in [-0.3, -0.25) is 0 Å². The number of nitrogens with zero attached hydrogens (tertiary/aromatic N) is 4. The Morgan fingerprint density at radius 1 is 0.447 bits per heavy atom. The first kappa shape index (κ1) is 54.2. The Bertz CT molecular complexity index is 4570. The van der Waals surface area contributed by atoms with Crippen LogP contribution in [0.5, 0.6) is 11.5 Å². The van der Waals surface area contributed by atoms with Gasteiger partial charge in [0.2, 0.25) is 0 Å². The number of hydrogen-bond donors (Lipinski definition) is 0. The summed E-state index contributed by atoms with van der Waals surface area (Å²) in [5.41, 5.74) is 24.1. The molecule has 12 aromatic rings. The summed E-state index contributed by atoms with van der Waals surface area (Å²) in [6, 6.07) is 87.6. The number of rotatable bonds is 7. The van der Waals surface area contributed by atoms with Gasteiger partial charge in [-0.25, -0.2) is 4.98 Å². The molecule has 2 aliphatic carbocycles. The molecule has 5 nitrogen and oxygen atoms in total. The summed E-state index contributed by atoms with van der Waals surface area (Å²) >= 11 is 0. The van der Waals surface area contributed by atoms with Gasteiger partial charge in [0.05, 0.1) is 5.41 Å². The van der Waals surface area contributed by atoms with Crippen molar-refractivity contribution in [1.29, 1.82) is 0 Å². The maximum Gasteiger partial charge on any atom is 0.135 e. The molecule has 0 radical (unpaired) electrons. The molecule has 3 aliphatic rings. The molecule has 6 heteroatoms. The van der Waals surface area contributed by atoms with Gasteiger partial charge in [-0.1, -0.05) is 226 Å². The summed E-state index contributed by atoms with van der Waals surface area (Å²) in [7, 11) is 0. The second kappa shape index (κ2) is 19.9. The fourth-order valence-corrected chi connectivity index (χ4v) is 13.7. The van der Waals surface area contributed by atoms with Crippen molar-refractivity contribution < 1.29 is 25.8 Å². The molecule has 0 fully saturated rings. The number of benzene rings is 10. The number of aromatic nitrogens is 2. The predicted octanol–water partition coefficient (Wildman–Crippen LogP) is 20.5. The smallest absolute Gasteiger partial charge is 0.135 e. The Kier molecular flexibility index (Phi) is 12.7. The normalized spacial score (nSPS) is 13.8. The van der Waals surface area contributed by atoms with E-state index in [9.17, 15) is 0 Å². The third-order valence-corrected chi connectivity index (χ3v) is 17.8. The zero-order valence-corrected chi connectivity index (χ0v) is 51.7. The molecular weight excluding hydrogens is 1220 g/mol. The van der Waals surface area contributed by atoms with E-state index in [2.05, 4.69) is 308 Å². The molecule has 0 N–H and O–H groups in total. The zero-order chi connectivity index (χ0) is 57.4. The Balaban J connectivity index is 0.00000640. The summed E-state index contributed by atoms with van der Waals surface area (Å²) < 4.78 is 9.28. The molecule has 0 amide bonds. The van der Waals surface area contributed by atoms with Crippen LogP contribution in [-0.4, -0.2) is 9.55 Å². The van der Waals surface area contributed by atoms with Gasteiger partial charge < -0.3 is 19.1 Å². The average Bonchev–Trinajstić information content (AvgIpc) is 1.53. The number of pyridine rings is 1. The molecule has 15 rings (SSSR count). The molecule has 10 aromatic carbocycles. The van der Waals surface area contributed by atoms with E-state index in [0.29, 0.717) is 11.5 Å². The third-order valence-electron chi connectivity index (χ3n) is 17.8. The van der Waals surface area contributed by atoms with E-state index in [1.54, 1.807) is 0 Å². The molecule has 0 atom stereocenters. The topological polar surface area (TPSA) is 33.5 Å². The monoisotopic (exact) mass is 1280 g/mol. The van der Waals surface area contributed by atoms with E-state index in [0.717, 1.165) is 61.7 Å². The van der Waals surface area contributed by atoms with E-state index in [-0.39, 0.29) is 37.3 Å². The second-order valence-electron chi connectivity index (χ2n) is 26.1. The minimum absolute atomic E-state index is 0. The van der Waals surface area contributed by atoms with Crippen LogP contribution in [0.4, 0.5) is 22.7 Å². The van der Waals surface area contributed by atoms with Gasteiger partial charge in [0.1, 0.15) is 5.82 Å². The van der Waals surface area contributed by atoms with Gasteiger partial charge in [0.25, 0.3) is 0 Å². The van der Waals surface area contributed by atoms with Gasteiger partial charge in [-0.05, 0) is 124 Å². The first-order chi connectivity index (χ1) is 40.6. The molecule has 3 heterocycles. The minimum Gasteiger partial charge on any atom is -0.509 e. The van der Waals surface area contributed by atoms with Crippen LogP contribution >= 0.6 is 0 Å². The van der Waals surface area contributed by atoms with E-state index in [1.165, 1.54) is 72.1 Å². The van der Waals surface area contributed by atoms with E-state index in [4.69, 9.17) is 9.72 Å². The van der Waals surface area contributed by atoms with Crippen molar-refractivity contribution in [2.45, 2.75) is 84.0 Å². The SMILES string of the molecule is CC(C)(C)c1cc(-c2cccc(-c3ccccc3)c2N2[CH-]N(c3[c-]c(Oc4[c-]c5c(cc4)c4c6c(ccc4n5-c4cc(C(C)(C)C)ccn4)C4(c5ccccc5-c5ccccc54)c4ccccc4-6)ccc3)c3ccccc32)cc(C(C)(C)C)c1.[Pt]. The van der Waals surface area contributed by atoms with Crippen LogP contribution in [0.2, 0.25) is 0 Å². The quantitative estimate of drug-likeness (QED) is 0.149. The molecule has 1 aliphatic heterocycles. The fraction of sp³-hybridized carbons (Fsp3) is 0.165. The Morgan fingerprint density at radius 2 is 1.00 bits per heavy atom. The van der Waals surface area contributed by atoms with Crippen molar-refractivity contribution in [1.82, 2.24) is 9.55 Å². The molecule has 0 unspecified atom stereocenters. The van der Waals surface area contributed by atoms with Crippen LogP contribution in [-0.2, 0) is 42.7 Å². The standard InChI is InChI=1S/C79H65N4O.Pt/c1-76(2,3)52-41-42-80-72(46-52)83-70-40-39-67-73(62-29-15-18-34-66(62)79(67)64-32-16-13-27-60(64)61-28-14-17-33-65(61)79)74(70)63-38-37-57(48-71(63)83)84-56-26-21-25-55(47-56)81-49-82(69-36-20-19-35-68(69)81)75-58(50-23-11-10-12-24-50)30-22-31-59(75)51-43-53(77(4,5)6)45-54(44-51)78(7,8)9;/h10-46,49H,1-9H3;/q-3;. The van der Waals surface area contributed by atoms with E-state index in [1.807, 2.05) is 12.3 Å². The van der Waals surface area contributed by atoms with Gasteiger partial charge in [-0.15, -0.1) is 48.1 Å². The number of hydrogen-bond acceptors (Lipinski definition) is 4. The van der Waals surface area contributed by atoms with Crippen molar-refractivity contribution in [3.63, 3.8) is 0 Å². The van der Waals surface area contributed by atoms with Crippen LogP contribution in [0.25, 0.3) is 72.1 Å². The van der Waals surface area contributed by atoms with E-state index >= 15 is 0 Å². The average molecular weight is 1280 g/mol. The molecule has 0 bridgehead atoms. The molecule has 0 saturated carbocycles. The second-order valence-corrected chi connectivity index (χ2v) is 26.1. The van der Waals surface area contributed by atoms with Crippen molar-refractivity contribution in [3.05, 3.63) is 282 Å². The third kappa shape index (κ3) is 8.55. The van der Waals surface area contributed by atoms with Crippen molar-refractivity contribution >= 4 is 44.6 Å². The van der Waals surface area contributed by atoms with Crippen LogP contribution in [0.15, 0.2) is 225 Å². The Morgan fingerprint density at radius 3 is 1.66 bits per heavy atom. The first-order valence-corrected chi connectivity index (χ1v) is 29.4. The van der Waals surface area contributed by atoms with Gasteiger partial charge in [0, 0.05) is 72.5 Å². The summed E-state index contributed by atoms with van der Waals surface area (Å²) in [5, 5.41) is 2.26. The van der Waals surface area contributed by atoms with E-state index < -0.39 is 5.41 Å². The molecule has 85 heavy (non-hydrogen) atoms. The predicted molar refractivity (Wildman–Crippen MR) is 347 cm³/mol. The summed E-state index contributed by atoms with van der Waals surface area (Å²) in [6.07, 6.45) is 1.95. The number of anilines is 4. The van der Waals surface area contributed by atoms with Gasteiger partial charge >= 0.3 is 0 Å². The number of para-hydroxylation sites is 3. The van der Waals surface area contributed by atoms with Crippen molar-refractivity contribution in [3.8, 4) is 61.8 Å². The first-order valence-electron chi connectivity index (χ1n) is 29.4. The van der Waals surface area contributed by atoms with Crippen molar-refractivity contribution in [2.75, 3.05) is 9.80 Å². The fourth-order valence-electron chi connectivity index (χ4n) is 13.7. The molecule has 1 spiro atoms. The summed E-state index contributed by atoms with van der Waals surface area (Å²) in [5.74, 6) is 2.00. The van der Waals surface area contributed by atoms with Gasteiger partial charge in [-0.2, -0.15) is 12.1 Å². The van der Waals surface area contributed by atoms with Crippen LogP contribution in [0.1, 0.15) is 101 Å². The Hall–Kier alpha value is -8.76. The summed E-state index contributed by atoms with van der Waals surface area (Å²) in [4.78, 5) is 9.75. The molecule has 2 aromatic heterocycles.